The third-order valence-corrected chi connectivity index (χ3v) is 8.05. The van der Waals surface area contributed by atoms with Crippen LogP contribution >= 0.6 is 0 Å². The second-order valence-electron chi connectivity index (χ2n) is 9.46. The molecule has 160 valence electrons. The molecule has 4 fully saturated rings. The first-order valence-corrected chi connectivity index (χ1v) is 10.8. The van der Waals surface area contributed by atoms with Gasteiger partial charge in [-0.05, 0) is 39.0 Å². The van der Waals surface area contributed by atoms with Gasteiger partial charge >= 0.3 is 5.97 Å². The number of ether oxygens (including phenoxy) is 5. The van der Waals surface area contributed by atoms with Crippen LogP contribution in [0.25, 0.3) is 0 Å². The van der Waals surface area contributed by atoms with Gasteiger partial charge in [-0.25, -0.2) is 0 Å². The highest BCUT2D eigenvalue weighted by molar-refractivity contribution is 5.69. The van der Waals surface area contributed by atoms with Crippen LogP contribution in [0.5, 0.6) is 0 Å². The van der Waals surface area contributed by atoms with Crippen molar-refractivity contribution in [2.24, 2.45) is 10.8 Å². The summed E-state index contributed by atoms with van der Waals surface area (Å²) in [5.41, 5.74) is -1.04. The van der Waals surface area contributed by atoms with Gasteiger partial charge < -0.3 is 28.5 Å². The molecule has 29 heavy (non-hydrogen) atoms. The van der Waals surface area contributed by atoms with Crippen LogP contribution in [0.15, 0.2) is 11.6 Å². The van der Waals surface area contributed by atoms with E-state index in [-0.39, 0.29) is 12.4 Å². The van der Waals surface area contributed by atoms with E-state index < -0.39 is 40.7 Å². The Hall–Kier alpha value is -1.28. The molecule has 7 nitrogen and oxygen atoms in total. The average Bonchev–Trinajstić information content (AvgIpc) is 3.48. The van der Waals surface area contributed by atoms with Crippen LogP contribution in [0.3, 0.4) is 0 Å². The number of hydrogen-bond acceptors (Lipinski definition) is 7. The van der Waals surface area contributed by atoms with Crippen LogP contribution < -0.4 is 0 Å². The van der Waals surface area contributed by atoms with Crippen molar-refractivity contribution < 1.29 is 33.3 Å². The fraction of sp³-hybridized carbons (Fsp3) is 0.818. The largest absolute Gasteiger partial charge is 0.459 e. The van der Waals surface area contributed by atoms with Gasteiger partial charge in [0, 0.05) is 13.5 Å². The second-order valence-corrected chi connectivity index (χ2v) is 9.46. The number of carbonyl (C=O) groups is 2. The van der Waals surface area contributed by atoms with E-state index in [1.54, 1.807) is 0 Å². The first kappa shape index (κ1) is 19.7. The van der Waals surface area contributed by atoms with Crippen molar-refractivity contribution >= 4 is 12.3 Å². The molecule has 8 unspecified atom stereocenters. The molecule has 0 aromatic heterocycles. The summed E-state index contributed by atoms with van der Waals surface area (Å²) in [6.07, 6.45) is 5.04. The SMILES string of the molecule is CC(=O)OC1C(OC2CCCCO2)C2OC3C=C(C)CCC3(C=O)C1(C)C21CO1. The molecule has 3 heterocycles. The van der Waals surface area contributed by atoms with Gasteiger partial charge in [0.05, 0.1) is 23.5 Å². The van der Waals surface area contributed by atoms with E-state index in [9.17, 15) is 9.59 Å². The van der Waals surface area contributed by atoms with E-state index in [0.29, 0.717) is 19.6 Å². The van der Waals surface area contributed by atoms with Crippen LogP contribution in [0.4, 0.5) is 0 Å². The van der Waals surface area contributed by atoms with Gasteiger partial charge in [0.25, 0.3) is 0 Å². The van der Waals surface area contributed by atoms with Gasteiger partial charge in [0.1, 0.15) is 30.2 Å². The number of esters is 1. The molecule has 0 aromatic carbocycles. The van der Waals surface area contributed by atoms with Crippen molar-refractivity contribution in [2.75, 3.05) is 13.2 Å². The van der Waals surface area contributed by atoms with Crippen LogP contribution in [-0.2, 0) is 33.3 Å². The molecule has 3 saturated heterocycles. The molecule has 0 radical (unpaired) electrons. The van der Waals surface area contributed by atoms with Gasteiger partial charge in [-0.1, -0.05) is 18.6 Å². The van der Waals surface area contributed by atoms with Gasteiger partial charge in [-0.2, -0.15) is 0 Å². The van der Waals surface area contributed by atoms with E-state index in [2.05, 4.69) is 13.0 Å². The molecule has 3 aliphatic heterocycles. The zero-order chi connectivity index (χ0) is 20.4. The maximum atomic E-state index is 12.7. The lowest BCUT2D eigenvalue weighted by molar-refractivity contribution is -0.230. The Kier molecular flexibility index (Phi) is 4.48. The number of aldehydes is 1. The Morgan fingerprint density at radius 1 is 1.34 bits per heavy atom. The predicted octanol–water partition coefficient (Wildman–Crippen LogP) is 2.31. The lowest BCUT2D eigenvalue weighted by Gasteiger charge is -2.55. The Morgan fingerprint density at radius 2 is 2.14 bits per heavy atom. The third kappa shape index (κ3) is 2.51. The molecule has 7 heteroatoms. The highest BCUT2D eigenvalue weighted by atomic mass is 16.7. The minimum atomic E-state index is -0.828. The smallest absolute Gasteiger partial charge is 0.303 e. The molecule has 0 N–H and O–H groups in total. The number of carbonyl (C=O) groups excluding carboxylic acids is 2. The Bertz CT molecular complexity index is 737. The lowest BCUT2D eigenvalue weighted by Crippen LogP contribution is -2.65. The van der Waals surface area contributed by atoms with Crippen molar-refractivity contribution in [3.8, 4) is 0 Å². The predicted molar refractivity (Wildman–Crippen MR) is 101 cm³/mol. The van der Waals surface area contributed by atoms with E-state index >= 15 is 0 Å². The Balaban J connectivity index is 1.60. The summed E-state index contributed by atoms with van der Waals surface area (Å²) >= 11 is 0. The normalized spacial score (nSPS) is 50.6. The fourth-order valence-corrected chi connectivity index (χ4v) is 6.34. The zero-order valence-corrected chi connectivity index (χ0v) is 17.3. The molecule has 2 bridgehead atoms. The van der Waals surface area contributed by atoms with Gasteiger partial charge in [0.15, 0.2) is 6.29 Å². The fourth-order valence-electron chi connectivity index (χ4n) is 6.34. The molecule has 0 amide bonds. The summed E-state index contributed by atoms with van der Waals surface area (Å²) in [6, 6.07) is 0. The number of rotatable bonds is 4. The summed E-state index contributed by atoms with van der Waals surface area (Å²) < 4.78 is 30.7. The van der Waals surface area contributed by atoms with Crippen LogP contribution in [0.2, 0.25) is 0 Å². The van der Waals surface area contributed by atoms with Crippen LogP contribution in [0.1, 0.15) is 52.9 Å². The lowest BCUT2D eigenvalue weighted by atomic mass is 9.51. The third-order valence-electron chi connectivity index (χ3n) is 8.05. The van der Waals surface area contributed by atoms with E-state index in [1.165, 1.54) is 12.5 Å². The molecule has 2 aliphatic carbocycles. The molecule has 5 rings (SSSR count). The second kappa shape index (κ2) is 6.61. The summed E-state index contributed by atoms with van der Waals surface area (Å²) in [7, 11) is 0. The molecule has 8 atom stereocenters. The maximum Gasteiger partial charge on any atom is 0.303 e. The minimum absolute atomic E-state index is 0.361. The van der Waals surface area contributed by atoms with Crippen LogP contribution in [0, 0.1) is 10.8 Å². The molecule has 5 aliphatic rings. The molecular weight excluding hydrogens is 376 g/mol. The highest BCUT2D eigenvalue weighted by Gasteiger charge is 2.86. The monoisotopic (exact) mass is 406 g/mol. The first-order valence-electron chi connectivity index (χ1n) is 10.8. The van der Waals surface area contributed by atoms with Gasteiger partial charge in [0.2, 0.25) is 0 Å². The highest BCUT2D eigenvalue weighted by Crippen LogP contribution is 2.71. The summed E-state index contributed by atoms with van der Waals surface area (Å²) in [6.45, 7) is 6.63. The molecule has 1 saturated carbocycles. The summed E-state index contributed by atoms with van der Waals surface area (Å²) in [5, 5.41) is 0. The quantitative estimate of drug-likeness (QED) is 0.307. The number of hydrogen-bond donors (Lipinski definition) is 0. The van der Waals surface area contributed by atoms with E-state index in [1.807, 2.05) is 6.92 Å². The average molecular weight is 406 g/mol. The van der Waals surface area contributed by atoms with Crippen molar-refractivity contribution in [3.63, 3.8) is 0 Å². The van der Waals surface area contributed by atoms with Gasteiger partial charge in [-0.15, -0.1) is 0 Å². The topological polar surface area (TPSA) is 83.6 Å². The number of allylic oxidation sites excluding steroid dienone is 1. The molecule has 0 aromatic rings. The van der Waals surface area contributed by atoms with Gasteiger partial charge in [-0.3, -0.25) is 4.79 Å². The number of fused-ring (bicyclic) bond motifs is 2. The van der Waals surface area contributed by atoms with Crippen molar-refractivity contribution in [2.45, 2.75) is 89.2 Å². The molecular formula is C22H30O7. The standard InChI is InChI=1S/C22H30O7/c1-13-7-8-21(11-23)15(10-13)28-19-17(29-16-6-4-5-9-25-16)18(27-14(2)24)20(21,3)22(19)12-26-22/h10-11,15-19H,4-9,12H2,1-3H3. The van der Waals surface area contributed by atoms with Crippen LogP contribution in [-0.4, -0.2) is 61.8 Å². The van der Waals surface area contributed by atoms with E-state index in [0.717, 1.165) is 32.0 Å². The zero-order valence-electron chi connectivity index (χ0n) is 17.3. The van der Waals surface area contributed by atoms with Crippen molar-refractivity contribution in [3.05, 3.63) is 11.6 Å². The van der Waals surface area contributed by atoms with E-state index in [4.69, 9.17) is 23.7 Å². The Labute approximate surface area is 171 Å². The number of epoxide rings is 1. The van der Waals surface area contributed by atoms with Crippen molar-refractivity contribution in [1.29, 1.82) is 0 Å². The van der Waals surface area contributed by atoms with Crippen molar-refractivity contribution in [1.82, 2.24) is 0 Å². The first-order chi connectivity index (χ1) is 13.9. The minimum Gasteiger partial charge on any atom is -0.459 e. The molecule has 1 spiro atoms. The summed E-state index contributed by atoms with van der Waals surface area (Å²) in [4.78, 5) is 24.8. The maximum absolute atomic E-state index is 12.7. The summed E-state index contributed by atoms with van der Waals surface area (Å²) in [5.74, 6) is -0.391. The Morgan fingerprint density at radius 3 is 2.76 bits per heavy atom.